The molecule has 4 nitrogen and oxygen atoms in total. The average Bonchev–Trinajstić information content (AvgIpc) is 2.68. The van der Waals surface area contributed by atoms with Crippen molar-refractivity contribution >= 4 is 5.97 Å². The molecular formula is C12H23FN2O2. The summed E-state index contributed by atoms with van der Waals surface area (Å²) in [7, 11) is 0. The molecule has 1 aliphatic heterocycles. The number of halogens is 1. The van der Waals surface area contributed by atoms with Crippen LogP contribution in [0.25, 0.3) is 0 Å². The molecule has 1 heterocycles. The van der Waals surface area contributed by atoms with Crippen LogP contribution in [0.1, 0.15) is 32.6 Å². The van der Waals surface area contributed by atoms with Gasteiger partial charge >= 0.3 is 5.97 Å². The summed E-state index contributed by atoms with van der Waals surface area (Å²) in [5.74, 6) is -0.770. The Balaban J connectivity index is 2.25. The van der Waals surface area contributed by atoms with Crippen molar-refractivity contribution in [2.45, 2.75) is 44.8 Å². The fourth-order valence-electron chi connectivity index (χ4n) is 2.25. The molecule has 5 heteroatoms. The molecule has 0 saturated carbocycles. The van der Waals surface area contributed by atoms with Crippen molar-refractivity contribution in [1.82, 2.24) is 10.2 Å². The van der Waals surface area contributed by atoms with E-state index < -0.39 is 12.1 Å². The average molecular weight is 246 g/mol. The maximum atomic E-state index is 13.4. The van der Waals surface area contributed by atoms with Crippen LogP contribution in [0.2, 0.25) is 0 Å². The largest absolute Gasteiger partial charge is 0.481 e. The molecule has 1 saturated heterocycles. The van der Waals surface area contributed by atoms with Crippen LogP contribution < -0.4 is 5.32 Å². The first-order valence-corrected chi connectivity index (χ1v) is 6.45. The van der Waals surface area contributed by atoms with E-state index in [-0.39, 0.29) is 12.5 Å². The van der Waals surface area contributed by atoms with E-state index in [2.05, 4.69) is 17.1 Å². The second kappa shape index (κ2) is 7.61. The van der Waals surface area contributed by atoms with Gasteiger partial charge in [-0.25, -0.2) is 4.39 Å². The van der Waals surface area contributed by atoms with Crippen molar-refractivity contribution in [3.63, 3.8) is 0 Å². The van der Waals surface area contributed by atoms with Gasteiger partial charge in [0.1, 0.15) is 6.17 Å². The molecular weight excluding hydrogens is 223 g/mol. The molecule has 2 atom stereocenters. The van der Waals surface area contributed by atoms with Gasteiger partial charge in [-0.15, -0.1) is 0 Å². The van der Waals surface area contributed by atoms with Crippen LogP contribution in [0.5, 0.6) is 0 Å². The first-order chi connectivity index (χ1) is 8.13. The van der Waals surface area contributed by atoms with Crippen molar-refractivity contribution in [2.24, 2.45) is 0 Å². The lowest BCUT2D eigenvalue weighted by Crippen LogP contribution is -2.35. The number of carbonyl (C=O) groups is 1. The second-order valence-electron chi connectivity index (χ2n) is 4.64. The highest BCUT2D eigenvalue weighted by Gasteiger charge is 2.26. The van der Waals surface area contributed by atoms with Gasteiger partial charge in [-0.1, -0.05) is 6.92 Å². The summed E-state index contributed by atoms with van der Waals surface area (Å²) < 4.78 is 13.4. The third-order valence-electron chi connectivity index (χ3n) is 3.20. The van der Waals surface area contributed by atoms with Crippen molar-refractivity contribution in [3.8, 4) is 0 Å². The summed E-state index contributed by atoms with van der Waals surface area (Å²) in [5.41, 5.74) is 0. The molecule has 0 aromatic carbocycles. The van der Waals surface area contributed by atoms with E-state index >= 15 is 0 Å². The molecule has 1 aliphatic rings. The summed E-state index contributed by atoms with van der Waals surface area (Å²) in [6, 6.07) is -0.0424. The minimum absolute atomic E-state index is 0.0424. The lowest BCUT2D eigenvalue weighted by atomic mass is 10.1. The third-order valence-corrected chi connectivity index (χ3v) is 3.20. The Labute approximate surface area is 102 Å². The number of nitrogens with one attached hydrogen (secondary N) is 1. The number of rotatable bonds is 8. The second-order valence-corrected chi connectivity index (χ2v) is 4.64. The van der Waals surface area contributed by atoms with Gasteiger partial charge in [0.15, 0.2) is 0 Å². The number of hydrogen-bond acceptors (Lipinski definition) is 3. The molecule has 0 aromatic rings. The van der Waals surface area contributed by atoms with Crippen LogP contribution in [-0.2, 0) is 4.79 Å². The first kappa shape index (κ1) is 14.4. The molecule has 2 unspecified atom stereocenters. The van der Waals surface area contributed by atoms with E-state index in [4.69, 9.17) is 5.11 Å². The third kappa shape index (κ3) is 5.46. The van der Waals surface area contributed by atoms with E-state index in [1.165, 1.54) is 0 Å². The fourth-order valence-corrected chi connectivity index (χ4v) is 2.25. The minimum Gasteiger partial charge on any atom is -0.481 e. The number of carboxylic acids is 1. The molecule has 1 rings (SSSR count). The molecule has 2 N–H and O–H groups in total. The lowest BCUT2D eigenvalue weighted by Gasteiger charge is -2.23. The maximum Gasteiger partial charge on any atom is 0.304 e. The minimum atomic E-state index is -0.770. The Kier molecular flexibility index (Phi) is 6.44. The van der Waals surface area contributed by atoms with Gasteiger partial charge in [-0.3, -0.25) is 4.79 Å². The number of alkyl halides is 1. The number of nitrogens with zero attached hydrogens (tertiary/aromatic N) is 1. The van der Waals surface area contributed by atoms with Crippen LogP contribution in [0, 0.1) is 0 Å². The van der Waals surface area contributed by atoms with Crippen LogP contribution in [0.3, 0.4) is 0 Å². The van der Waals surface area contributed by atoms with Crippen molar-refractivity contribution in [2.75, 3.05) is 26.2 Å². The monoisotopic (exact) mass is 246 g/mol. The van der Waals surface area contributed by atoms with Gasteiger partial charge < -0.3 is 15.3 Å². The standard InChI is InChI=1S/C12H23FN2O2/c1-2-7-15(9-5-12(16)17)8-4-11-10(13)3-6-14-11/h10-11,14H,2-9H2,1H3,(H,16,17). The quantitative estimate of drug-likeness (QED) is 0.677. The molecule has 0 aliphatic carbocycles. The number of hydrogen-bond donors (Lipinski definition) is 2. The molecule has 0 bridgehead atoms. The van der Waals surface area contributed by atoms with Crippen molar-refractivity contribution < 1.29 is 14.3 Å². The Bertz CT molecular complexity index is 239. The van der Waals surface area contributed by atoms with Gasteiger partial charge in [0.25, 0.3) is 0 Å². The molecule has 0 aromatic heterocycles. The normalized spacial score (nSPS) is 24.4. The molecule has 100 valence electrons. The van der Waals surface area contributed by atoms with Gasteiger partial charge in [0.05, 0.1) is 6.42 Å². The fraction of sp³-hybridized carbons (Fsp3) is 0.917. The van der Waals surface area contributed by atoms with E-state index in [1.54, 1.807) is 0 Å². The van der Waals surface area contributed by atoms with E-state index in [0.717, 1.165) is 32.5 Å². The highest BCUT2D eigenvalue weighted by molar-refractivity contribution is 5.66. The highest BCUT2D eigenvalue weighted by Crippen LogP contribution is 2.14. The lowest BCUT2D eigenvalue weighted by molar-refractivity contribution is -0.137. The zero-order valence-electron chi connectivity index (χ0n) is 10.5. The zero-order chi connectivity index (χ0) is 12.7. The summed E-state index contributed by atoms with van der Waals surface area (Å²) in [5, 5.41) is 11.8. The smallest absolute Gasteiger partial charge is 0.304 e. The van der Waals surface area contributed by atoms with Crippen LogP contribution in [0.15, 0.2) is 0 Å². The summed E-state index contributed by atoms with van der Waals surface area (Å²) in [6.45, 7) is 5.05. The van der Waals surface area contributed by atoms with Crippen LogP contribution >= 0.6 is 0 Å². The number of aliphatic carboxylic acids is 1. The van der Waals surface area contributed by atoms with Gasteiger partial charge in [-0.2, -0.15) is 0 Å². The van der Waals surface area contributed by atoms with Crippen molar-refractivity contribution in [1.29, 1.82) is 0 Å². The first-order valence-electron chi connectivity index (χ1n) is 6.45. The topological polar surface area (TPSA) is 52.6 Å². The maximum absolute atomic E-state index is 13.4. The Morgan fingerprint density at radius 3 is 2.76 bits per heavy atom. The van der Waals surface area contributed by atoms with Gasteiger partial charge in [-0.05, 0) is 38.9 Å². The van der Waals surface area contributed by atoms with Crippen LogP contribution in [0.4, 0.5) is 4.39 Å². The molecule has 0 spiro atoms. The molecule has 0 amide bonds. The van der Waals surface area contributed by atoms with E-state index in [0.29, 0.717) is 13.0 Å². The zero-order valence-corrected chi connectivity index (χ0v) is 10.5. The SMILES string of the molecule is CCCN(CCC(=O)O)CCC1NCCC1F. The van der Waals surface area contributed by atoms with E-state index in [9.17, 15) is 9.18 Å². The Morgan fingerprint density at radius 1 is 1.47 bits per heavy atom. The highest BCUT2D eigenvalue weighted by atomic mass is 19.1. The summed E-state index contributed by atoms with van der Waals surface area (Å²) in [4.78, 5) is 12.6. The predicted molar refractivity (Wildman–Crippen MR) is 64.9 cm³/mol. The van der Waals surface area contributed by atoms with Gasteiger partial charge in [0, 0.05) is 12.6 Å². The van der Waals surface area contributed by atoms with Gasteiger partial charge in [0.2, 0.25) is 0 Å². The predicted octanol–water partition coefficient (Wildman–Crippen LogP) is 1.26. The number of carboxylic acid groups (broad SMARTS) is 1. The van der Waals surface area contributed by atoms with E-state index in [1.807, 2.05) is 0 Å². The molecule has 0 radical (unpaired) electrons. The summed E-state index contributed by atoms with van der Waals surface area (Å²) in [6.07, 6.45) is 1.79. The molecule has 1 fully saturated rings. The molecule has 17 heavy (non-hydrogen) atoms. The van der Waals surface area contributed by atoms with Crippen molar-refractivity contribution in [3.05, 3.63) is 0 Å². The Morgan fingerprint density at radius 2 is 2.24 bits per heavy atom. The summed E-state index contributed by atoms with van der Waals surface area (Å²) >= 11 is 0. The Hall–Kier alpha value is -0.680. The van der Waals surface area contributed by atoms with Crippen LogP contribution in [-0.4, -0.2) is 54.4 Å².